The Labute approximate surface area is 181 Å². The van der Waals surface area contributed by atoms with Crippen LogP contribution in [0, 0.1) is 11.3 Å². The molecule has 1 saturated heterocycles. The van der Waals surface area contributed by atoms with Crippen LogP contribution < -0.4 is 10.2 Å². The summed E-state index contributed by atoms with van der Waals surface area (Å²) in [4.78, 5) is 32.2. The number of pyridine rings is 1. The summed E-state index contributed by atoms with van der Waals surface area (Å²) in [5.41, 5.74) is 2.53. The third-order valence-electron chi connectivity index (χ3n) is 5.44. The van der Waals surface area contributed by atoms with Crippen LogP contribution in [-0.4, -0.2) is 84.8 Å². The lowest BCUT2D eigenvalue weighted by molar-refractivity contribution is -0.108. The van der Waals surface area contributed by atoms with Crippen molar-refractivity contribution in [2.24, 2.45) is 0 Å². The fourth-order valence-electron chi connectivity index (χ4n) is 3.69. The molecule has 1 aromatic carbocycles. The maximum Gasteiger partial charge on any atom is 0.407 e. The maximum absolute atomic E-state index is 11.3. The molecular weight excluding hydrogens is 396 g/mol. The second-order valence-electron chi connectivity index (χ2n) is 7.28. The van der Waals surface area contributed by atoms with Crippen molar-refractivity contribution in [1.29, 1.82) is 5.26 Å². The molecule has 0 bridgehead atoms. The molecule has 0 aliphatic carbocycles. The van der Waals surface area contributed by atoms with Gasteiger partial charge in [0.25, 0.3) is 0 Å². The van der Waals surface area contributed by atoms with Gasteiger partial charge >= 0.3 is 6.09 Å². The Morgan fingerprint density at radius 2 is 2.06 bits per heavy atom. The van der Waals surface area contributed by atoms with Gasteiger partial charge in [0.2, 0.25) is 0 Å². The van der Waals surface area contributed by atoms with Crippen molar-refractivity contribution >= 4 is 18.2 Å². The number of carbonyl (C=O) groups is 2. The summed E-state index contributed by atoms with van der Waals surface area (Å²) in [5.74, 6) is 0.883. The quantitative estimate of drug-likeness (QED) is 0.615. The number of amides is 1. The van der Waals surface area contributed by atoms with Crippen molar-refractivity contribution in [2.75, 3.05) is 51.2 Å². The lowest BCUT2D eigenvalue weighted by Gasteiger charge is -2.40. The summed E-state index contributed by atoms with van der Waals surface area (Å²) >= 11 is 0. The highest BCUT2D eigenvalue weighted by molar-refractivity contribution is 5.69. The topological polar surface area (TPSA) is 113 Å². The Bertz CT molecular complexity index is 935. The van der Waals surface area contributed by atoms with E-state index in [0.29, 0.717) is 11.8 Å². The van der Waals surface area contributed by atoms with Crippen LogP contribution >= 0.6 is 0 Å². The largest absolute Gasteiger partial charge is 0.465 e. The van der Waals surface area contributed by atoms with E-state index in [4.69, 9.17) is 5.26 Å². The average molecular weight is 422 g/mol. The van der Waals surface area contributed by atoms with Crippen molar-refractivity contribution in [3.8, 4) is 17.2 Å². The molecular formula is C22H26N6O3. The van der Waals surface area contributed by atoms with Crippen LogP contribution in [0.1, 0.15) is 5.56 Å². The first kappa shape index (κ1) is 22.2. The third kappa shape index (κ3) is 5.57. The number of aromatic nitrogens is 1. The molecule has 0 saturated carbocycles. The van der Waals surface area contributed by atoms with Crippen LogP contribution in [0.2, 0.25) is 0 Å². The van der Waals surface area contributed by atoms with Gasteiger partial charge in [0.1, 0.15) is 12.1 Å². The maximum atomic E-state index is 11.3. The number of nitriles is 1. The monoisotopic (exact) mass is 422 g/mol. The minimum atomic E-state index is -1.10. The van der Waals surface area contributed by atoms with Crippen LogP contribution in [0.4, 0.5) is 10.6 Å². The Balaban J connectivity index is 1.60. The lowest BCUT2D eigenvalue weighted by Crippen LogP contribution is -2.58. The van der Waals surface area contributed by atoms with E-state index in [9.17, 15) is 14.7 Å². The Morgan fingerprint density at radius 3 is 2.65 bits per heavy atom. The van der Waals surface area contributed by atoms with Crippen molar-refractivity contribution in [2.45, 2.75) is 6.17 Å². The molecule has 1 unspecified atom stereocenters. The van der Waals surface area contributed by atoms with Crippen LogP contribution in [0.3, 0.4) is 0 Å². The number of anilines is 1. The van der Waals surface area contributed by atoms with E-state index in [1.807, 2.05) is 36.5 Å². The van der Waals surface area contributed by atoms with Gasteiger partial charge in [-0.2, -0.15) is 5.26 Å². The Hall–Kier alpha value is -3.48. The highest BCUT2D eigenvalue weighted by Gasteiger charge is 2.26. The number of likely N-dealkylation sites (N-methyl/N-ethyl adjacent to an activating group) is 1. The van der Waals surface area contributed by atoms with Crippen molar-refractivity contribution in [3.05, 3.63) is 48.2 Å². The minimum absolute atomic E-state index is 0.138. The van der Waals surface area contributed by atoms with E-state index in [1.165, 1.54) is 0 Å². The van der Waals surface area contributed by atoms with Gasteiger partial charge in [-0.25, -0.2) is 9.78 Å². The smallest absolute Gasteiger partial charge is 0.407 e. The average Bonchev–Trinajstić information content (AvgIpc) is 2.82. The number of aldehydes is 1. The molecule has 1 aliphatic heterocycles. The van der Waals surface area contributed by atoms with Gasteiger partial charge < -0.3 is 20.1 Å². The minimum Gasteiger partial charge on any atom is -0.465 e. The van der Waals surface area contributed by atoms with Crippen LogP contribution in [-0.2, 0) is 4.79 Å². The second-order valence-corrected chi connectivity index (χ2v) is 7.28. The van der Waals surface area contributed by atoms with E-state index in [-0.39, 0.29) is 19.3 Å². The highest BCUT2D eigenvalue weighted by Crippen LogP contribution is 2.22. The second kappa shape index (κ2) is 10.5. The van der Waals surface area contributed by atoms with E-state index in [0.717, 1.165) is 48.0 Å². The first-order valence-corrected chi connectivity index (χ1v) is 10.1. The standard InChI is InChI=1S/C22H26N6O3/c1-24-21(16-28(11-12-29)22(30)31)27-9-7-26(8-10-27)20-6-5-19(15-25-20)18-4-2-3-17(13-18)14-23/h2-6,12-13,15,21,24H,7-11,16H2,1H3,(H,30,31). The lowest BCUT2D eigenvalue weighted by atomic mass is 10.1. The van der Waals surface area contributed by atoms with Gasteiger partial charge in [-0.15, -0.1) is 0 Å². The number of hydrogen-bond donors (Lipinski definition) is 2. The number of nitrogens with zero attached hydrogens (tertiary/aromatic N) is 5. The Morgan fingerprint density at radius 1 is 1.29 bits per heavy atom. The van der Waals surface area contributed by atoms with Gasteiger partial charge in [-0.1, -0.05) is 12.1 Å². The van der Waals surface area contributed by atoms with E-state index in [1.54, 1.807) is 13.1 Å². The van der Waals surface area contributed by atoms with Gasteiger partial charge in [0.15, 0.2) is 0 Å². The van der Waals surface area contributed by atoms with Gasteiger partial charge in [-0.3, -0.25) is 9.80 Å². The Kier molecular flexibility index (Phi) is 7.54. The molecule has 1 aliphatic rings. The fraction of sp³-hybridized carbons (Fsp3) is 0.364. The summed E-state index contributed by atoms with van der Waals surface area (Å²) in [6, 6.07) is 13.6. The number of nitrogens with one attached hydrogen (secondary N) is 1. The van der Waals surface area contributed by atoms with Crippen LogP contribution in [0.25, 0.3) is 11.1 Å². The zero-order valence-electron chi connectivity index (χ0n) is 17.4. The highest BCUT2D eigenvalue weighted by atomic mass is 16.4. The molecule has 0 spiro atoms. The number of benzene rings is 1. The molecule has 1 aromatic heterocycles. The summed E-state index contributed by atoms with van der Waals surface area (Å²) in [7, 11) is 1.79. The summed E-state index contributed by atoms with van der Waals surface area (Å²) in [6.07, 6.45) is 1.15. The van der Waals surface area contributed by atoms with Crippen molar-refractivity contribution < 1.29 is 14.7 Å². The molecule has 1 fully saturated rings. The fourth-order valence-corrected chi connectivity index (χ4v) is 3.69. The molecule has 2 aromatic rings. The predicted molar refractivity (Wildman–Crippen MR) is 117 cm³/mol. The molecule has 3 rings (SSSR count). The zero-order chi connectivity index (χ0) is 22.2. The predicted octanol–water partition coefficient (Wildman–Crippen LogP) is 1.47. The summed E-state index contributed by atoms with van der Waals surface area (Å²) < 4.78 is 0. The van der Waals surface area contributed by atoms with Crippen molar-refractivity contribution in [1.82, 2.24) is 20.1 Å². The molecule has 9 nitrogen and oxygen atoms in total. The van der Waals surface area contributed by atoms with E-state index >= 15 is 0 Å². The zero-order valence-corrected chi connectivity index (χ0v) is 17.4. The van der Waals surface area contributed by atoms with Gasteiger partial charge in [0.05, 0.1) is 30.9 Å². The third-order valence-corrected chi connectivity index (χ3v) is 5.44. The van der Waals surface area contributed by atoms with E-state index < -0.39 is 6.09 Å². The molecule has 1 atom stereocenters. The summed E-state index contributed by atoms with van der Waals surface area (Å²) in [6.45, 7) is 3.09. The molecule has 2 N–H and O–H groups in total. The van der Waals surface area contributed by atoms with Crippen molar-refractivity contribution in [3.63, 3.8) is 0 Å². The SMILES string of the molecule is CNC(CN(CC=O)C(=O)O)N1CCN(c2ccc(-c3cccc(C#N)c3)cn2)CC1. The number of carboxylic acid groups (broad SMARTS) is 1. The number of hydrogen-bond acceptors (Lipinski definition) is 7. The first-order valence-electron chi connectivity index (χ1n) is 10.1. The molecule has 0 radical (unpaired) electrons. The molecule has 31 heavy (non-hydrogen) atoms. The first-order chi connectivity index (χ1) is 15.0. The normalized spacial score (nSPS) is 15.2. The molecule has 162 valence electrons. The number of rotatable bonds is 8. The molecule has 2 heterocycles. The summed E-state index contributed by atoms with van der Waals surface area (Å²) in [5, 5.41) is 21.5. The van der Waals surface area contributed by atoms with Gasteiger partial charge in [-0.05, 0) is 36.9 Å². The molecule has 9 heteroatoms. The van der Waals surface area contributed by atoms with Crippen LogP contribution in [0.15, 0.2) is 42.6 Å². The van der Waals surface area contributed by atoms with E-state index in [2.05, 4.69) is 26.2 Å². The van der Waals surface area contributed by atoms with Crippen LogP contribution in [0.5, 0.6) is 0 Å². The number of carbonyl (C=O) groups excluding carboxylic acids is 1. The van der Waals surface area contributed by atoms with Gasteiger partial charge in [0, 0.05) is 37.9 Å². The number of piperazine rings is 1. The molecule has 1 amide bonds.